The Morgan fingerprint density at radius 2 is 1.61 bits per heavy atom. The number of thiophene rings is 2. The molecule has 3 N–H and O–H groups in total. The third-order valence-electron chi connectivity index (χ3n) is 4.86. The topological polar surface area (TPSA) is 95.2 Å². The molecule has 0 saturated heterocycles. The summed E-state index contributed by atoms with van der Waals surface area (Å²) in [5.74, 6) is -1.21. The monoisotopic (exact) mass is 544 g/mol. The van der Waals surface area contributed by atoms with Crippen molar-refractivity contribution in [3.8, 4) is 0 Å². The van der Waals surface area contributed by atoms with Crippen LogP contribution in [0.1, 0.15) is 38.3 Å². The summed E-state index contributed by atoms with van der Waals surface area (Å²) in [7, 11) is 0. The van der Waals surface area contributed by atoms with Crippen molar-refractivity contribution in [1.82, 2.24) is 9.97 Å². The number of esters is 1. The Hall–Kier alpha value is -2.88. The first-order valence-corrected chi connectivity index (χ1v) is 12.7. The molecule has 5 aromatic rings. The third kappa shape index (κ3) is 5.73. The highest BCUT2D eigenvalue weighted by atomic mass is 79.9. The van der Waals surface area contributed by atoms with Gasteiger partial charge in [-0.25, -0.2) is 9.59 Å². The smallest absolute Gasteiger partial charge is 0.354 e. The summed E-state index contributed by atoms with van der Waals surface area (Å²) >= 11 is 6.62. The van der Waals surface area contributed by atoms with Crippen LogP contribution in [-0.4, -0.2) is 33.6 Å². The van der Waals surface area contributed by atoms with Gasteiger partial charge in [0.25, 0.3) is 0 Å². The number of aromatic nitrogens is 2. The number of aryl methyl sites for hydroxylation is 2. The number of H-pyrrole nitrogens is 2. The number of carboxylic acid groups (broad SMARTS) is 1. The lowest BCUT2D eigenvalue weighted by molar-refractivity contribution is 0.0520. The van der Waals surface area contributed by atoms with E-state index in [1.165, 1.54) is 10.4 Å². The number of carbonyl (C=O) groups excluding carboxylic acids is 1. The van der Waals surface area contributed by atoms with E-state index in [4.69, 9.17) is 9.84 Å². The number of carbonyl (C=O) groups is 2. The third-order valence-corrected chi connectivity index (χ3v) is 7.59. The number of hydrogen-bond acceptors (Lipinski definition) is 5. The number of halogens is 1. The van der Waals surface area contributed by atoms with Crippen LogP contribution in [0, 0.1) is 0 Å². The SMILES string of the molecule is CCOC(=O)c1cc2sc(Br)cc2[nH]1.O=C(O)c1cc2sc(CCc3ccccc3)cc2[nH]1. The van der Waals surface area contributed by atoms with Gasteiger partial charge in [-0.05, 0) is 65.5 Å². The maximum Gasteiger partial charge on any atom is 0.354 e. The van der Waals surface area contributed by atoms with Crippen LogP contribution in [0.2, 0.25) is 0 Å². The first-order valence-electron chi connectivity index (χ1n) is 10.3. The number of rotatable bonds is 6. The Bertz CT molecular complexity index is 1340. The van der Waals surface area contributed by atoms with E-state index in [9.17, 15) is 9.59 Å². The van der Waals surface area contributed by atoms with Gasteiger partial charge in [0.1, 0.15) is 11.4 Å². The highest BCUT2D eigenvalue weighted by Gasteiger charge is 2.12. The van der Waals surface area contributed by atoms with Crippen molar-refractivity contribution in [3.05, 3.63) is 80.2 Å². The number of carboxylic acids is 1. The van der Waals surface area contributed by atoms with Crippen LogP contribution in [0.3, 0.4) is 0 Å². The van der Waals surface area contributed by atoms with E-state index in [2.05, 4.69) is 44.1 Å². The van der Waals surface area contributed by atoms with Crippen LogP contribution in [0.5, 0.6) is 0 Å². The molecule has 33 heavy (non-hydrogen) atoms. The zero-order chi connectivity index (χ0) is 23.4. The summed E-state index contributed by atoms with van der Waals surface area (Å²) in [6.45, 7) is 2.19. The number of aromatic amines is 2. The number of aromatic carboxylic acids is 1. The van der Waals surface area contributed by atoms with E-state index < -0.39 is 5.97 Å². The van der Waals surface area contributed by atoms with Gasteiger partial charge < -0.3 is 19.8 Å². The largest absolute Gasteiger partial charge is 0.477 e. The molecule has 0 spiro atoms. The van der Waals surface area contributed by atoms with Gasteiger partial charge in [-0.2, -0.15) is 0 Å². The molecule has 1 aromatic carbocycles. The van der Waals surface area contributed by atoms with Crippen molar-refractivity contribution in [1.29, 1.82) is 0 Å². The highest BCUT2D eigenvalue weighted by molar-refractivity contribution is 9.11. The molecule has 0 saturated carbocycles. The number of ether oxygens (including phenoxy) is 1. The predicted molar refractivity (Wildman–Crippen MR) is 137 cm³/mol. The van der Waals surface area contributed by atoms with Gasteiger partial charge in [0, 0.05) is 4.88 Å². The molecule has 4 aromatic heterocycles. The van der Waals surface area contributed by atoms with E-state index in [0.29, 0.717) is 12.3 Å². The van der Waals surface area contributed by atoms with Gasteiger partial charge in [0.05, 0.1) is 30.8 Å². The number of benzene rings is 1. The molecule has 0 aliphatic rings. The van der Waals surface area contributed by atoms with Gasteiger partial charge in [0.2, 0.25) is 0 Å². The Kier molecular flexibility index (Phi) is 7.32. The Balaban J connectivity index is 0.000000165. The van der Waals surface area contributed by atoms with Gasteiger partial charge >= 0.3 is 11.9 Å². The molecule has 5 rings (SSSR count). The summed E-state index contributed by atoms with van der Waals surface area (Å²) in [4.78, 5) is 29.4. The van der Waals surface area contributed by atoms with Gasteiger partial charge in [0.15, 0.2) is 0 Å². The molecule has 4 heterocycles. The van der Waals surface area contributed by atoms with Crippen molar-refractivity contribution in [2.75, 3.05) is 6.61 Å². The molecule has 0 fully saturated rings. The molecule has 0 atom stereocenters. The normalized spacial score (nSPS) is 10.8. The number of fused-ring (bicyclic) bond motifs is 2. The number of hydrogen-bond donors (Lipinski definition) is 3. The Labute approximate surface area is 206 Å². The van der Waals surface area contributed by atoms with Crippen LogP contribution in [0.15, 0.2) is 58.4 Å². The minimum Gasteiger partial charge on any atom is -0.477 e. The molecule has 0 aliphatic carbocycles. The fourth-order valence-corrected chi connectivity index (χ4v) is 5.93. The molecule has 0 bridgehead atoms. The molecule has 0 unspecified atom stereocenters. The van der Waals surface area contributed by atoms with Crippen LogP contribution in [0.4, 0.5) is 0 Å². The fraction of sp³-hybridized carbons (Fsp3) is 0.167. The van der Waals surface area contributed by atoms with E-state index in [-0.39, 0.29) is 11.7 Å². The van der Waals surface area contributed by atoms with Crippen molar-refractivity contribution in [2.45, 2.75) is 19.8 Å². The van der Waals surface area contributed by atoms with E-state index in [0.717, 1.165) is 37.1 Å². The van der Waals surface area contributed by atoms with Gasteiger partial charge in [-0.1, -0.05) is 30.3 Å². The average Bonchev–Trinajstić information content (AvgIpc) is 3.52. The lowest BCUT2D eigenvalue weighted by Gasteiger charge is -1.98. The first-order chi connectivity index (χ1) is 15.9. The highest BCUT2D eigenvalue weighted by Crippen LogP contribution is 2.30. The van der Waals surface area contributed by atoms with Crippen LogP contribution in [-0.2, 0) is 17.6 Å². The lowest BCUT2D eigenvalue weighted by Crippen LogP contribution is -2.04. The zero-order valence-corrected chi connectivity index (χ0v) is 20.9. The second-order valence-electron chi connectivity index (χ2n) is 7.20. The fourth-order valence-electron chi connectivity index (χ4n) is 3.34. The summed E-state index contributed by atoms with van der Waals surface area (Å²) in [5.41, 5.74) is 3.98. The molecule has 0 aliphatic heterocycles. The molecule has 170 valence electrons. The van der Waals surface area contributed by atoms with Crippen molar-refractivity contribution >= 4 is 71.0 Å². The predicted octanol–water partition coefficient (Wildman–Crippen LogP) is 6.88. The van der Waals surface area contributed by atoms with Crippen molar-refractivity contribution < 1.29 is 19.4 Å². The zero-order valence-electron chi connectivity index (χ0n) is 17.7. The standard InChI is InChI=1S/C15H13NO2S.C9H8BrNO2S/c17-15(18)13-9-14-12(16-13)8-11(19-14)7-6-10-4-2-1-3-5-10;1-2-13-9(12)6-3-7-5(11-6)4-8(10)14-7/h1-5,8-9,16H,6-7H2,(H,17,18);3-4,11H,2H2,1H3. The quantitative estimate of drug-likeness (QED) is 0.203. The van der Waals surface area contributed by atoms with Crippen LogP contribution in [0.25, 0.3) is 20.4 Å². The van der Waals surface area contributed by atoms with Crippen LogP contribution >= 0.6 is 38.6 Å². The first kappa shape index (κ1) is 23.3. The summed E-state index contributed by atoms with van der Waals surface area (Å²) in [6, 6.07) is 17.9. The van der Waals surface area contributed by atoms with E-state index >= 15 is 0 Å². The summed E-state index contributed by atoms with van der Waals surface area (Å²) in [6.07, 6.45) is 2.00. The molecule has 9 heteroatoms. The minimum atomic E-state index is -0.908. The van der Waals surface area contributed by atoms with Crippen LogP contribution < -0.4 is 0 Å². The summed E-state index contributed by atoms with van der Waals surface area (Å²) < 4.78 is 8.00. The van der Waals surface area contributed by atoms with Gasteiger partial charge in [-0.3, -0.25) is 0 Å². The lowest BCUT2D eigenvalue weighted by atomic mass is 10.1. The second kappa shape index (κ2) is 10.4. The second-order valence-corrected chi connectivity index (χ2v) is 10.8. The Morgan fingerprint density at radius 3 is 2.27 bits per heavy atom. The Morgan fingerprint density at radius 1 is 0.939 bits per heavy atom. The van der Waals surface area contributed by atoms with E-state index in [1.807, 2.05) is 30.3 Å². The molecular formula is C24H21BrN2O4S2. The summed E-state index contributed by atoms with van der Waals surface area (Å²) in [5, 5.41) is 8.90. The number of nitrogens with one attached hydrogen (secondary N) is 2. The van der Waals surface area contributed by atoms with Gasteiger partial charge in [-0.15, -0.1) is 22.7 Å². The van der Waals surface area contributed by atoms with E-state index in [1.54, 1.807) is 35.7 Å². The molecule has 0 amide bonds. The molecule has 6 nitrogen and oxygen atoms in total. The minimum absolute atomic E-state index is 0.260. The average molecular weight is 545 g/mol. The molecule has 0 radical (unpaired) electrons. The van der Waals surface area contributed by atoms with Crippen molar-refractivity contribution in [2.24, 2.45) is 0 Å². The molecular weight excluding hydrogens is 524 g/mol. The maximum absolute atomic E-state index is 11.3. The van der Waals surface area contributed by atoms with Crippen molar-refractivity contribution in [3.63, 3.8) is 0 Å². The maximum atomic E-state index is 11.3.